The van der Waals surface area contributed by atoms with Crippen LogP contribution < -0.4 is 21.7 Å². The second kappa shape index (κ2) is 10.0. The number of hydrogen-bond acceptors (Lipinski definition) is 3. The molecule has 0 aliphatic carbocycles. The van der Waals surface area contributed by atoms with Gasteiger partial charge in [-0.3, -0.25) is 9.59 Å². The summed E-state index contributed by atoms with van der Waals surface area (Å²) < 4.78 is 27.1. The van der Waals surface area contributed by atoms with Crippen molar-refractivity contribution in [3.05, 3.63) is 65.7 Å². The van der Waals surface area contributed by atoms with E-state index in [2.05, 4.69) is 16.0 Å². The highest BCUT2D eigenvalue weighted by atomic mass is 19.1. The number of urea groups is 1. The third kappa shape index (κ3) is 7.06. The summed E-state index contributed by atoms with van der Waals surface area (Å²) >= 11 is 0. The van der Waals surface area contributed by atoms with Gasteiger partial charge in [-0.2, -0.15) is 0 Å². The van der Waals surface area contributed by atoms with Gasteiger partial charge in [0.15, 0.2) is 0 Å². The summed E-state index contributed by atoms with van der Waals surface area (Å²) in [6.45, 7) is 5.12. The Balaban J connectivity index is 2.13. The first-order valence-electron chi connectivity index (χ1n) is 9.63. The Morgan fingerprint density at radius 1 is 1.00 bits per heavy atom. The first-order valence-corrected chi connectivity index (χ1v) is 9.63. The van der Waals surface area contributed by atoms with Gasteiger partial charge in [0.25, 0.3) is 0 Å². The van der Waals surface area contributed by atoms with Crippen LogP contribution >= 0.6 is 0 Å². The maximum absolute atomic E-state index is 13.8. The van der Waals surface area contributed by atoms with Gasteiger partial charge in [-0.15, -0.1) is 0 Å². The SMILES string of the molecule is CC(C)(C)[C@H](NC(=O)Nc1cc(F)ccc1F)C(=O)N[C@@H](Cc1ccccc1)C(N)=O. The van der Waals surface area contributed by atoms with Crippen LogP contribution in [0.4, 0.5) is 19.3 Å². The van der Waals surface area contributed by atoms with E-state index in [4.69, 9.17) is 5.73 Å². The van der Waals surface area contributed by atoms with Gasteiger partial charge in [-0.1, -0.05) is 51.1 Å². The average Bonchev–Trinajstić information content (AvgIpc) is 2.68. The van der Waals surface area contributed by atoms with Gasteiger partial charge >= 0.3 is 6.03 Å². The number of anilines is 1. The van der Waals surface area contributed by atoms with E-state index in [0.29, 0.717) is 0 Å². The normalized spacial score (nSPS) is 13.1. The maximum atomic E-state index is 13.8. The van der Waals surface area contributed by atoms with Gasteiger partial charge in [0.1, 0.15) is 23.7 Å². The van der Waals surface area contributed by atoms with Crippen LogP contribution in [0.25, 0.3) is 0 Å². The number of halogens is 2. The van der Waals surface area contributed by atoms with Crippen molar-refractivity contribution in [2.45, 2.75) is 39.3 Å². The van der Waals surface area contributed by atoms with Crippen LogP contribution in [0.1, 0.15) is 26.3 Å². The lowest BCUT2D eigenvalue weighted by Gasteiger charge is -2.31. The summed E-state index contributed by atoms with van der Waals surface area (Å²) in [5, 5.41) is 7.22. The molecule has 0 aromatic heterocycles. The predicted molar refractivity (Wildman–Crippen MR) is 113 cm³/mol. The molecular formula is C22H26F2N4O3. The highest BCUT2D eigenvalue weighted by Crippen LogP contribution is 2.21. The Morgan fingerprint density at radius 2 is 1.65 bits per heavy atom. The quantitative estimate of drug-likeness (QED) is 0.539. The van der Waals surface area contributed by atoms with E-state index in [1.807, 2.05) is 6.07 Å². The summed E-state index contributed by atoms with van der Waals surface area (Å²) in [5.74, 6) is -2.92. The standard InChI is InChI=1S/C22H26F2N4O3/c1-22(2,3)18(28-21(31)27-16-12-14(23)9-10-15(16)24)20(30)26-17(19(25)29)11-13-7-5-4-6-8-13/h4-10,12,17-18H,11H2,1-3H3,(H2,25,29)(H,26,30)(H2,27,28,31)/t17-,18+/m0/s1. The minimum absolute atomic E-state index is 0.180. The lowest BCUT2D eigenvalue weighted by Crippen LogP contribution is -2.58. The monoisotopic (exact) mass is 432 g/mol. The van der Waals surface area contributed by atoms with E-state index in [0.717, 1.165) is 23.8 Å². The molecule has 7 nitrogen and oxygen atoms in total. The Bertz CT molecular complexity index is 946. The molecule has 2 atom stereocenters. The van der Waals surface area contributed by atoms with Gasteiger partial charge in [0.2, 0.25) is 11.8 Å². The molecule has 0 aliphatic rings. The number of carbonyl (C=O) groups excluding carboxylic acids is 3. The topological polar surface area (TPSA) is 113 Å². The second-order valence-corrected chi connectivity index (χ2v) is 8.17. The van der Waals surface area contributed by atoms with Crippen LogP contribution in [0.2, 0.25) is 0 Å². The first-order chi connectivity index (χ1) is 14.5. The Morgan fingerprint density at radius 3 is 2.23 bits per heavy atom. The lowest BCUT2D eigenvalue weighted by molar-refractivity contribution is -0.130. The number of primary amides is 1. The van der Waals surface area contributed by atoms with Crippen molar-refractivity contribution in [1.82, 2.24) is 10.6 Å². The zero-order valence-corrected chi connectivity index (χ0v) is 17.5. The smallest absolute Gasteiger partial charge is 0.319 e. The molecule has 0 spiro atoms. The van der Waals surface area contributed by atoms with E-state index in [-0.39, 0.29) is 12.1 Å². The zero-order valence-electron chi connectivity index (χ0n) is 17.5. The summed E-state index contributed by atoms with van der Waals surface area (Å²) in [6, 6.07) is 8.62. The Hall–Kier alpha value is -3.49. The molecule has 5 N–H and O–H groups in total. The fourth-order valence-electron chi connectivity index (χ4n) is 2.89. The van der Waals surface area contributed by atoms with Crippen molar-refractivity contribution < 1.29 is 23.2 Å². The zero-order chi connectivity index (χ0) is 23.2. The second-order valence-electron chi connectivity index (χ2n) is 8.17. The van der Waals surface area contributed by atoms with Crippen LogP contribution in [0, 0.1) is 17.0 Å². The molecule has 166 valence electrons. The van der Waals surface area contributed by atoms with Gasteiger partial charge < -0.3 is 21.7 Å². The molecule has 2 rings (SSSR count). The molecule has 2 aromatic rings. The molecule has 4 amide bonds. The number of amides is 4. The van der Waals surface area contributed by atoms with Gasteiger partial charge in [-0.05, 0) is 23.1 Å². The van der Waals surface area contributed by atoms with Gasteiger partial charge in [0, 0.05) is 12.5 Å². The molecule has 0 radical (unpaired) electrons. The van der Waals surface area contributed by atoms with Crippen molar-refractivity contribution in [2.75, 3.05) is 5.32 Å². The number of carbonyl (C=O) groups is 3. The van der Waals surface area contributed by atoms with Crippen molar-refractivity contribution in [3.63, 3.8) is 0 Å². The molecule has 31 heavy (non-hydrogen) atoms. The average molecular weight is 432 g/mol. The van der Waals surface area contributed by atoms with Crippen molar-refractivity contribution in [1.29, 1.82) is 0 Å². The molecule has 9 heteroatoms. The van der Waals surface area contributed by atoms with Crippen molar-refractivity contribution >= 4 is 23.5 Å². The van der Waals surface area contributed by atoms with E-state index < -0.39 is 47.0 Å². The first kappa shape index (κ1) is 23.8. The molecule has 0 unspecified atom stereocenters. The van der Waals surface area contributed by atoms with Crippen LogP contribution in [0.5, 0.6) is 0 Å². The van der Waals surface area contributed by atoms with Crippen LogP contribution in [-0.2, 0) is 16.0 Å². The van der Waals surface area contributed by atoms with Gasteiger partial charge in [-0.25, -0.2) is 13.6 Å². The highest BCUT2D eigenvalue weighted by Gasteiger charge is 2.34. The molecule has 0 bridgehead atoms. The number of benzene rings is 2. The highest BCUT2D eigenvalue weighted by molar-refractivity contribution is 5.95. The third-order valence-corrected chi connectivity index (χ3v) is 4.52. The van der Waals surface area contributed by atoms with E-state index >= 15 is 0 Å². The summed E-state index contributed by atoms with van der Waals surface area (Å²) in [5.41, 5.74) is 5.11. The minimum Gasteiger partial charge on any atom is -0.368 e. The molecule has 0 fully saturated rings. The number of nitrogens with two attached hydrogens (primary N) is 1. The van der Waals surface area contributed by atoms with E-state index in [9.17, 15) is 23.2 Å². The van der Waals surface area contributed by atoms with Crippen LogP contribution in [0.15, 0.2) is 48.5 Å². The largest absolute Gasteiger partial charge is 0.368 e. The molecule has 0 saturated heterocycles. The van der Waals surface area contributed by atoms with Gasteiger partial charge in [0.05, 0.1) is 5.69 Å². The number of hydrogen-bond donors (Lipinski definition) is 4. The molecule has 2 aromatic carbocycles. The number of nitrogens with one attached hydrogen (secondary N) is 3. The molecule has 0 saturated carbocycles. The Labute approximate surface area is 179 Å². The van der Waals surface area contributed by atoms with Crippen molar-refractivity contribution in [3.8, 4) is 0 Å². The lowest BCUT2D eigenvalue weighted by atomic mass is 9.86. The fourth-order valence-corrected chi connectivity index (χ4v) is 2.89. The molecule has 0 aliphatic heterocycles. The van der Waals surface area contributed by atoms with E-state index in [1.54, 1.807) is 45.0 Å². The van der Waals surface area contributed by atoms with Crippen LogP contribution in [0.3, 0.4) is 0 Å². The fraction of sp³-hybridized carbons (Fsp3) is 0.318. The van der Waals surface area contributed by atoms with E-state index in [1.165, 1.54) is 0 Å². The third-order valence-electron chi connectivity index (χ3n) is 4.52. The van der Waals surface area contributed by atoms with Crippen LogP contribution in [-0.4, -0.2) is 29.9 Å². The summed E-state index contributed by atoms with van der Waals surface area (Å²) in [6.07, 6.45) is 0.180. The number of rotatable bonds is 7. The predicted octanol–water partition coefficient (Wildman–Crippen LogP) is 2.71. The minimum atomic E-state index is -1.10. The molecular weight excluding hydrogens is 406 g/mol. The summed E-state index contributed by atoms with van der Waals surface area (Å²) in [4.78, 5) is 37.1. The summed E-state index contributed by atoms with van der Waals surface area (Å²) in [7, 11) is 0. The van der Waals surface area contributed by atoms with Crippen molar-refractivity contribution in [2.24, 2.45) is 11.1 Å². The maximum Gasteiger partial charge on any atom is 0.319 e. The molecule has 0 heterocycles. The Kier molecular flexibility index (Phi) is 7.68.